The van der Waals surface area contributed by atoms with Gasteiger partial charge in [0.25, 0.3) is 11.8 Å². The second-order valence-corrected chi connectivity index (χ2v) is 10.3. The maximum absolute atomic E-state index is 12.7. The van der Waals surface area contributed by atoms with Gasteiger partial charge in [-0.2, -0.15) is 0 Å². The van der Waals surface area contributed by atoms with Gasteiger partial charge in [0.05, 0.1) is 11.6 Å². The fourth-order valence-corrected chi connectivity index (χ4v) is 5.21. The number of ether oxygens (including phenoxy) is 2. The molecule has 3 saturated carbocycles. The summed E-state index contributed by atoms with van der Waals surface area (Å²) in [5.41, 5.74) is 3.42. The Morgan fingerprint density at radius 2 is 1.29 bits per heavy atom. The minimum atomic E-state index is -0.739. The van der Waals surface area contributed by atoms with Crippen molar-refractivity contribution in [1.29, 1.82) is 0 Å². The van der Waals surface area contributed by atoms with E-state index in [0.29, 0.717) is 43.6 Å². The molecule has 3 aliphatic carbocycles. The molecule has 2 aromatic rings. The summed E-state index contributed by atoms with van der Waals surface area (Å²) in [5.74, 6) is 0.870. The van der Waals surface area contributed by atoms with E-state index in [1.807, 2.05) is 64.1 Å². The molecule has 2 bridgehead atoms. The summed E-state index contributed by atoms with van der Waals surface area (Å²) in [6.45, 7) is 7.89. The van der Waals surface area contributed by atoms with E-state index in [1.54, 1.807) is 0 Å². The van der Waals surface area contributed by atoms with Gasteiger partial charge in [-0.25, -0.2) is 0 Å². The van der Waals surface area contributed by atoms with Crippen LogP contribution >= 0.6 is 0 Å². The second kappa shape index (κ2) is 9.90. The van der Waals surface area contributed by atoms with Crippen molar-refractivity contribution in [1.82, 2.24) is 10.6 Å². The Morgan fingerprint density at radius 1 is 0.800 bits per heavy atom. The minimum absolute atomic E-state index is 0.0714. The average Bonchev–Trinajstić information content (AvgIpc) is 2.82. The molecule has 2 amide bonds. The molecule has 3 fully saturated rings. The van der Waals surface area contributed by atoms with Gasteiger partial charge >= 0.3 is 0 Å². The summed E-state index contributed by atoms with van der Waals surface area (Å²) < 4.78 is 11.3. The molecular formula is C28H36N2O5. The van der Waals surface area contributed by atoms with Crippen LogP contribution in [-0.2, 0) is 9.59 Å². The van der Waals surface area contributed by atoms with E-state index >= 15 is 0 Å². The lowest BCUT2D eigenvalue weighted by atomic mass is 9.60. The lowest BCUT2D eigenvalue weighted by molar-refractivity contribution is -0.137. The number of aliphatic hydroxyl groups excluding tert-OH is 1. The number of rotatable bonds is 8. The predicted molar refractivity (Wildman–Crippen MR) is 134 cm³/mol. The smallest absolute Gasteiger partial charge is 0.258 e. The quantitative estimate of drug-likeness (QED) is 0.538. The van der Waals surface area contributed by atoms with E-state index in [1.165, 1.54) is 11.1 Å². The van der Waals surface area contributed by atoms with Crippen molar-refractivity contribution in [2.24, 2.45) is 0 Å². The first-order valence-electron chi connectivity index (χ1n) is 12.3. The van der Waals surface area contributed by atoms with Gasteiger partial charge in [-0.05, 0) is 106 Å². The first-order valence-corrected chi connectivity index (χ1v) is 12.3. The van der Waals surface area contributed by atoms with Crippen LogP contribution in [0.15, 0.2) is 36.4 Å². The zero-order valence-corrected chi connectivity index (χ0v) is 21.1. The molecule has 0 aliphatic heterocycles. The van der Waals surface area contributed by atoms with E-state index in [9.17, 15) is 14.7 Å². The normalized spacial score (nSPS) is 25.1. The standard InChI is InChI=1S/C28H36N2O5/c1-18-5-7-22(13-20(18)3)34-16-25(32)29-27-9-11-28(12-10-27,24(31)15-27)30-26(33)17-35-23-8-6-19(2)21(4)14-23/h5-8,13-14,24,31H,9-12,15-17H2,1-4H3,(H,29,32)(H,30,33)/t24-,27?,28?/m1/s1. The third-order valence-electron chi connectivity index (χ3n) is 7.81. The molecule has 3 aliphatic rings. The van der Waals surface area contributed by atoms with Gasteiger partial charge in [0.15, 0.2) is 13.2 Å². The highest BCUT2D eigenvalue weighted by atomic mass is 16.5. The first kappa shape index (κ1) is 25.0. The molecule has 3 N–H and O–H groups in total. The topological polar surface area (TPSA) is 96.9 Å². The molecule has 0 spiro atoms. The van der Waals surface area contributed by atoms with E-state index in [0.717, 1.165) is 11.1 Å². The Labute approximate surface area is 207 Å². The molecule has 0 unspecified atom stereocenters. The molecule has 0 aromatic heterocycles. The van der Waals surface area contributed by atoms with Crippen LogP contribution < -0.4 is 20.1 Å². The number of benzene rings is 2. The molecule has 1 atom stereocenters. The number of fused-ring (bicyclic) bond motifs is 3. The van der Waals surface area contributed by atoms with Gasteiger partial charge in [0.1, 0.15) is 11.5 Å². The number of aliphatic hydroxyl groups is 1. The van der Waals surface area contributed by atoms with Gasteiger partial charge in [0.2, 0.25) is 0 Å². The van der Waals surface area contributed by atoms with Crippen LogP contribution in [0.25, 0.3) is 0 Å². The highest BCUT2D eigenvalue weighted by Crippen LogP contribution is 2.47. The van der Waals surface area contributed by atoms with Crippen molar-refractivity contribution in [2.75, 3.05) is 13.2 Å². The van der Waals surface area contributed by atoms with E-state index in [-0.39, 0.29) is 25.0 Å². The minimum Gasteiger partial charge on any atom is -0.484 e. The Kier molecular flexibility index (Phi) is 7.08. The largest absolute Gasteiger partial charge is 0.484 e. The number of aryl methyl sites for hydroxylation is 4. The zero-order chi connectivity index (χ0) is 25.2. The molecule has 0 radical (unpaired) electrons. The number of hydrogen-bond donors (Lipinski definition) is 3. The van der Waals surface area contributed by atoms with E-state index in [4.69, 9.17) is 9.47 Å². The van der Waals surface area contributed by atoms with Crippen molar-refractivity contribution < 1.29 is 24.2 Å². The SMILES string of the molecule is Cc1ccc(OCC(=O)NC23CCC(NC(=O)COc4ccc(C)c(C)c4)(CC2)[C@H](O)C3)cc1C. The van der Waals surface area contributed by atoms with Crippen LogP contribution in [0.1, 0.15) is 54.4 Å². The maximum Gasteiger partial charge on any atom is 0.258 e. The predicted octanol–water partition coefficient (Wildman–Crippen LogP) is 3.43. The Morgan fingerprint density at radius 3 is 1.74 bits per heavy atom. The molecule has 2 aromatic carbocycles. The summed E-state index contributed by atoms with van der Waals surface area (Å²) in [7, 11) is 0. The highest BCUT2D eigenvalue weighted by molar-refractivity contribution is 5.79. The van der Waals surface area contributed by atoms with Crippen LogP contribution in [0.2, 0.25) is 0 Å². The lowest BCUT2D eigenvalue weighted by Gasteiger charge is -2.56. The van der Waals surface area contributed by atoms with Crippen molar-refractivity contribution in [3.05, 3.63) is 58.7 Å². The fourth-order valence-electron chi connectivity index (χ4n) is 5.21. The van der Waals surface area contributed by atoms with Gasteiger partial charge in [-0.3, -0.25) is 9.59 Å². The molecular weight excluding hydrogens is 444 g/mol. The summed E-state index contributed by atoms with van der Waals surface area (Å²) in [5, 5.41) is 17.1. The summed E-state index contributed by atoms with van der Waals surface area (Å²) in [4.78, 5) is 25.3. The van der Waals surface area contributed by atoms with Gasteiger partial charge in [-0.1, -0.05) is 12.1 Å². The second-order valence-electron chi connectivity index (χ2n) is 10.3. The van der Waals surface area contributed by atoms with E-state index < -0.39 is 17.2 Å². The van der Waals surface area contributed by atoms with Crippen LogP contribution in [0, 0.1) is 27.7 Å². The number of amides is 2. The lowest BCUT2D eigenvalue weighted by Crippen LogP contribution is -2.70. The monoisotopic (exact) mass is 480 g/mol. The van der Waals surface area contributed by atoms with Gasteiger partial charge < -0.3 is 25.2 Å². The highest BCUT2D eigenvalue weighted by Gasteiger charge is 2.55. The van der Waals surface area contributed by atoms with Crippen molar-refractivity contribution >= 4 is 11.8 Å². The first-order chi connectivity index (χ1) is 16.6. The Bertz CT molecular complexity index is 1100. The summed E-state index contributed by atoms with van der Waals surface area (Å²) in [6.07, 6.45) is 2.25. The van der Waals surface area contributed by atoms with E-state index in [2.05, 4.69) is 10.6 Å². The fraction of sp³-hybridized carbons (Fsp3) is 0.500. The molecule has 7 nitrogen and oxygen atoms in total. The van der Waals surface area contributed by atoms with Gasteiger partial charge in [0, 0.05) is 5.54 Å². The number of carbonyl (C=O) groups excluding carboxylic acids is 2. The molecule has 0 saturated heterocycles. The molecule has 5 rings (SSSR count). The van der Waals surface area contributed by atoms with Crippen molar-refractivity contribution in [2.45, 2.75) is 77.0 Å². The van der Waals surface area contributed by atoms with Crippen LogP contribution in [0.3, 0.4) is 0 Å². The van der Waals surface area contributed by atoms with Crippen LogP contribution in [0.4, 0.5) is 0 Å². The average molecular weight is 481 g/mol. The molecule has 188 valence electrons. The van der Waals surface area contributed by atoms with Gasteiger partial charge in [-0.15, -0.1) is 0 Å². The van der Waals surface area contributed by atoms with Crippen LogP contribution in [-0.4, -0.2) is 47.3 Å². The summed E-state index contributed by atoms with van der Waals surface area (Å²) >= 11 is 0. The molecule has 35 heavy (non-hydrogen) atoms. The molecule has 0 heterocycles. The third-order valence-corrected chi connectivity index (χ3v) is 7.81. The number of carbonyl (C=O) groups is 2. The maximum atomic E-state index is 12.7. The van der Waals surface area contributed by atoms with Crippen LogP contribution in [0.5, 0.6) is 11.5 Å². The molecule has 7 heteroatoms. The third kappa shape index (κ3) is 5.61. The zero-order valence-electron chi connectivity index (χ0n) is 21.1. The van der Waals surface area contributed by atoms with Crippen molar-refractivity contribution in [3.8, 4) is 11.5 Å². The number of nitrogens with one attached hydrogen (secondary N) is 2. The Hall–Kier alpha value is -3.06. The Balaban J connectivity index is 1.28. The van der Waals surface area contributed by atoms with Crippen molar-refractivity contribution in [3.63, 3.8) is 0 Å². The summed E-state index contributed by atoms with van der Waals surface area (Å²) in [6, 6.07) is 11.5. The number of hydrogen-bond acceptors (Lipinski definition) is 5.